The van der Waals surface area contributed by atoms with Crippen molar-refractivity contribution >= 4 is 5.82 Å². The van der Waals surface area contributed by atoms with Crippen molar-refractivity contribution in [3.63, 3.8) is 0 Å². The van der Waals surface area contributed by atoms with Crippen LogP contribution in [0.3, 0.4) is 0 Å². The number of aryl methyl sites for hydroxylation is 1. The molecule has 0 aliphatic rings. The third-order valence-corrected chi connectivity index (χ3v) is 3.33. The van der Waals surface area contributed by atoms with Gasteiger partial charge in [0.15, 0.2) is 0 Å². The van der Waals surface area contributed by atoms with Crippen molar-refractivity contribution in [2.24, 2.45) is 0 Å². The van der Waals surface area contributed by atoms with Crippen LogP contribution in [-0.4, -0.2) is 23.6 Å². The Labute approximate surface area is 119 Å². The number of hydrogen-bond donors (Lipinski definition) is 0. The fourth-order valence-corrected chi connectivity index (χ4v) is 1.97. The Balaban J connectivity index is 1.97. The van der Waals surface area contributed by atoms with E-state index in [0.717, 1.165) is 25.2 Å². The molecule has 20 heavy (non-hydrogen) atoms. The van der Waals surface area contributed by atoms with Crippen LogP contribution in [0.4, 0.5) is 5.82 Å². The van der Waals surface area contributed by atoms with E-state index in [-0.39, 0.29) is 0 Å². The van der Waals surface area contributed by atoms with Gasteiger partial charge in [-0.2, -0.15) is 5.26 Å². The van der Waals surface area contributed by atoms with Crippen molar-refractivity contribution in [3.8, 4) is 6.07 Å². The fraction of sp³-hybridized carbons (Fsp3) is 0.312. The smallest absolute Gasteiger partial charge is 0.145 e. The molecule has 2 aromatic rings. The Morgan fingerprint density at radius 3 is 2.50 bits per heavy atom. The van der Waals surface area contributed by atoms with Crippen LogP contribution >= 0.6 is 0 Å². The summed E-state index contributed by atoms with van der Waals surface area (Å²) < 4.78 is 0. The SMILES string of the molecule is CCc1ccc(CCN(C)c2cc(C#N)ncn2)cc1. The Bertz CT molecular complexity index is 599. The second-order valence-corrected chi connectivity index (χ2v) is 4.71. The second kappa shape index (κ2) is 6.67. The monoisotopic (exact) mass is 266 g/mol. The first-order valence-electron chi connectivity index (χ1n) is 6.74. The largest absolute Gasteiger partial charge is 0.359 e. The van der Waals surface area contributed by atoms with E-state index in [9.17, 15) is 0 Å². The summed E-state index contributed by atoms with van der Waals surface area (Å²) in [5, 5.41) is 8.84. The third-order valence-electron chi connectivity index (χ3n) is 3.33. The molecule has 4 heteroatoms. The van der Waals surface area contributed by atoms with Gasteiger partial charge >= 0.3 is 0 Å². The number of rotatable bonds is 5. The van der Waals surface area contributed by atoms with E-state index >= 15 is 0 Å². The van der Waals surface area contributed by atoms with E-state index in [2.05, 4.69) is 41.2 Å². The molecule has 0 spiro atoms. The molecule has 0 saturated heterocycles. The summed E-state index contributed by atoms with van der Waals surface area (Å²) in [7, 11) is 1.98. The highest BCUT2D eigenvalue weighted by molar-refractivity contribution is 5.41. The molecule has 0 atom stereocenters. The highest BCUT2D eigenvalue weighted by atomic mass is 15.2. The van der Waals surface area contributed by atoms with E-state index in [1.807, 2.05) is 18.0 Å². The molecule has 0 fully saturated rings. The minimum atomic E-state index is 0.397. The molecule has 0 bridgehead atoms. The standard InChI is InChI=1S/C16H18N4/c1-3-13-4-6-14(7-5-13)8-9-20(2)16-10-15(11-17)18-12-19-16/h4-7,10,12H,3,8-9H2,1-2H3. The number of benzene rings is 1. The van der Waals surface area contributed by atoms with Gasteiger partial charge in [-0.25, -0.2) is 9.97 Å². The first-order valence-corrected chi connectivity index (χ1v) is 6.74. The Hall–Kier alpha value is -2.41. The van der Waals surface area contributed by atoms with E-state index in [0.29, 0.717) is 5.69 Å². The fourth-order valence-electron chi connectivity index (χ4n) is 1.97. The van der Waals surface area contributed by atoms with Crippen molar-refractivity contribution in [3.05, 3.63) is 53.5 Å². The number of likely N-dealkylation sites (N-methyl/N-ethyl adjacent to an activating group) is 1. The molecule has 0 saturated carbocycles. The molecule has 0 amide bonds. The van der Waals surface area contributed by atoms with Gasteiger partial charge in [-0.05, 0) is 24.0 Å². The van der Waals surface area contributed by atoms with Gasteiger partial charge in [0.1, 0.15) is 23.9 Å². The zero-order valence-electron chi connectivity index (χ0n) is 11.9. The molecular weight excluding hydrogens is 248 g/mol. The highest BCUT2D eigenvalue weighted by Crippen LogP contribution is 2.11. The van der Waals surface area contributed by atoms with Crippen LogP contribution in [0, 0.1) is 11.3 Å². The quantitative estimate of drug-likeness (QED) is 0.834. The minimum absolute atomic E-state index is 0.397. The van der Waals surface area contributed by atoms with Crippen LogP contribution in [0.15, 0.2) is 36.7 Å². The van der Waals surface area contributed by atoms with Gasteiger partial charge in [-0.1, -0.05) is 31.2 Å². The molecule has 4 nitrogen and oxygen atoms in total. The molecule has 0 aliphatic heterocycles. The third kappa shape index (κ3) is 3.55. The Morgan fingerprint density at radius 2 is 1.85 bits per heavy atom. The van der Waals surface area contributed by atoms with E-state index in [4.69, 9.17) is 5.26 Å². The maximum atomic E-state index is 8.84. The number of nitriles is 1. The first-order chi connectivity index (χ1) is 9.72. The first kappa shape index (κ1) is 14.0. The molecule has 102 valence electrons. The molecule has 0 aliphatic carbocycles. The lowest BCUT2D eigenvalue weighted by Gasteiger charge is -2.17. The van der Waals surface area contributed by atoms with Gasteiger partial charge in [-0.3, -0.25) is 0 Å². The Morgan fingerprint density at radius 1 is 1.15 bits per heavy atom. The molecule has 0 radical (unpaired) electrons. The lowest BCUT2D eigenvalue weighted by Crippen LogP contribution is -2.21. The van der Waals surface area contributed by atoms with Crippen LogP contribution in [0.2, 0.25) is 0 Å². The van der Waals surface area contributed by atoms with Crippen LogP contribution in [-0.2, 0) is 12.8 Å². The molecule has 1 aromatic heterocycles. The summed E-state index contributed by atoms with van der Waals surface area (Å²) in [6.07, 6.45) is 3.45. The minimum Gasteiger partial charge on any atom is -0.359 e. The molecule has 0 N–H and O–H groups in total. The molecule has 2 rings (SSSR count). The second-order valence-electron chi connectivity index (χ2n) is 4.71. The summed E-state index contributed by atoms with van der Waals surface area (Å²) >= 11 is 0. The summed E-state index contributed by atoms with van der Waals surface area (Å²) in [6.45, 7) is 3.01. The zero-order chi connectivity index (χ0) is 14.4. The van der Waals surface area contributed by atoms with Crippen molar-refractivity contribution in [1.29, 1.82) is 5.26 Å². The number of hydrogen-bond acceptors (Lipinski definition) is 4. The summed E-state index contributed by atoms with van der Waals surface area (Å²) in [5.74, 6) is 0.779. The Kier molecular flexibility index (Phi) is 4.67. The van der Waals surface area contributed by atoms with Crippen molar-refractivity contribution in [1.82, 2.24) is 9.97 Å². The van der Waals surface area contributed by atoms with Gasteiger partial charge in [0.2, 0.25) is 0 Å². The predicted molar refractivity (Wildman–Crippen MR) is 79.5 cm³/mol. The molecule has 0 unspecified atom stereocenters. The van der Waals surface area contributed by atoms with Gasteiger partial charge in [0.05, 0.1) is 0 Å². The number of aromatic nitrogens is 2. The molecular formula is C16H18N4. The van der Waals surface area contributed by atoms with Crippen LogP contribution < -0.4 is 4.90 Å². The van der Waals surface area contributed by atoms with E-state index < -0.39 is 0 Å². The number of nitrogens with zero attached hydrogens (tertiary/aromatic N) is 4. The van der Waals surface area contributed by atoms with Gasteiger partial charge in [0.25, 0.3) is 0 Å². The maximum absolute atomic E-state index is 8.84. The lowest BCUT2D eigenvalue weighted by atomic mass is 10.1. The summed E-state index contributed by atoms with van der Waals surface area (Å²) in [6, 6.07) is 12.4. The van der Waals surface area contributed by atoms with Crippen LogP contribution in [0.5, 0.6) is 0 Å². The normalized spacial score (nSPS) is 10.1. The van der Waals surface area contributed by atoms with Crippen LogP contribution in [0.25, 0.3) is 0 Å². The van der Waals surface area contributed by atoms with Gasteiger partial charge in [-0.15, -0.1) is 0 Å². The predicted octanol–water partition coefficient (Wildman–Crippen LogP) is 2.59. The molecule has 1 heterocycles. The summed E-state index contributed by atoms with van der Waals surface area (Å²) in [4.78, 5) is 10.1. The van der Waals surface area contributed by atoms with Crippen molar-refractivity contribution < 1.29 is 0 Å². The topological polar surface area (TPSA) is 52.8 Å². The average molecular weight is 266 g/mol. The average Bonchev–Trinajstić information content (AvgIpc) is 2.53. The van der Waals surface area contributed by atoms with Gasteiger partial charge in [0, 0.05) is 19.7 Å². The van der Waals surface area contributed by atoms with Gasteiger partial charge < -0.3 is 4.90 Å². The lowest BCUT2D eigenvalue weighted by molar-refractivity contribution is 0.854. The van der Waals surface area contributed by atoms with E-state index in [1.54, 1.807) is 6.07 Å². The highest BCUT2D eigenvalue weighted by Gasteiger charge is 2.04. The maximum Gasteiger partial charge on any atom is 0.145 e. The van der Waals surface area contributed by atoms with E-state index in [1.165, 1.54) is 17.5 Å². The zero-order valence-corrected chi connectivity index (χ0v) is 11.9. The van der Waals surface area contributed by atoms with Crippen molar-refractivity contribution in [2.75, 3.05) is 18.5 Å². The summed E-state index contributed by atoms with van der Waals surface area (Å²) in [5.41, 5.74) is 3.06. The van der Waals surface area contributed by atoms with Crippen LogP contribution in [0.1, 0.15) is 23.7 Å². The van der Waals surface area contributed by atoms with Crippen molar-refractivity contribution in [2.45, 2.75) is 19.8 Å². The number of anilines is 1. The molecule has 1 aromatic carbocycles.